The minimum absolute atomic E-state index is 0.191. The average molecular weight is 295 g/mol. The number of rotatable bonds is 6. The first kappa shape index (κ1) is 14.0. The van der Waals surface area contributed by atoms with E-state index in [1.807, 2.05) is 0 Å². The molecule has 1 aromatic rings. The number of hydrogen-bond donors (Lipinski definition) is 1. The van der Waals surface area contributed by atoms with Crippen LogP contribution in [0.1, 0.15) is 44.3 Å². The van der Waals surface area contributed by atoms with Crippen LogP contribution in [0.2, 0.25) is 0 Å². The molecule has 2 fully saturated rings. The lowest BCUT2D eigenvalue weighted by molar-refractivity contribution is 0.199. The minimum Gasteiger partial charge on any atom is -0.389 e. The van der Waals surface area contributed by atoms with Crippen LogP contribution in [-0.4, -0.2) is 30.4 Å². The molecule has 1 aromatic carbocycles. The highest BCUT2D eigenvalue weighted by molar-refractivity contribution is 7.89. The van der Waals surface area contributed by atoms with Gasteiger partial charge in [-0.15, -0.1) is 0 Å². The van der Waals surface area contributed by atoms with E-state index in [9.17, 15) is 13.5 Å². The van der Waals surface area contributed by atoms with Crippen molar-refractivity contribution in [2.24, 2.45) is 5.92 Å². The molecule has 0 radical (unpaired) electrons. The van der Waals surface area contributed by atoms with Crippen molar-refractivity contribution in [3.63, 3.8) is 0 Å². The van der Waals surface area contributed by atoms with Gasteiger partial charge in [-0.3, -0.25) is 0 Å². The van der Waals surface area contributed by atoms with E-state index in [0.717, 1.165) is 25.7 Å². The molecule has 1 unspecified atom stereocenters. The summed E-state index contributed by atoms with van der Waals surface area (Å²) in [6, 6.07) is 6.88. The highest BCUT2D eigenvalue weighted by Gasteiger charge is 2.41. The quantitative estimate of drug-likeness (QED) is 0.876. The molecule has 5 heteroatoms. The van der Waals surface area contributed by atoms with E-state index in [-0.39, 0.29) is 6.04 Å². The normalized spacial score (nSPS) is 21.1. The first-order chi connectivity index (χ1) is 9.48. The molecule has 0 bridgehead atoms. The molecule has 4 nitrogen and oxygen atoms in total. The fourth-order valence-corrected chi connectivity index (χ4v) is 4.25. The maximum absolute atomic E-state index is 12.8. The van der Waals surface area contributed by atoms with Crippen molar-refractivity contribution in [1.82, 2.24) is 4.31 Å². The first-order valence-corrected chi connectivity index (χ1v) is 8.72. The summed E-state index contributed by atoms with van der Waals surface area (Å²) in [5.74, 6) is 0.547. The molecule has 0 aliphatic heterocycles. The second-order valence-corrected chi connectivity index (χ2v) is 7.89. The number of sulfonamides is 1. The number of benzene rings is 1. The summed E-state index contributed by atoms with van der Waals surface area (Å²) >= 11 is 0. The molecule has 3 rings (SSSR count). The van der Waals surface area contributed by atoms with Gasteiger partial charge in [-0.05, 0) is 56.2 Å². The lowest BCUT2D eigenvalue weighted by Gasteiger charge is -2.22. The van der Waals surface area contributed by atoms with Gasteiger partial charge < -0.3 is 5.11 Å². The molecule has 20 heavy (non-hydrogen) atoms. The summed E-state index contributed by atoms with van der Waals surface area (Å²) < 4.78 is 27.3. The fourth-order valence-electron chi connectivity index (χ4n) is 2.43. The van der Waals surface area contributed by atoms with Gasteiger partial charge in [0.15, 0.2) is 0 Å². The third-order valence-electron chi connectivity index (χ3n) is 4.04. The van der Waals surface area contributed by atoms with Crippen molar-refractivity contribution in [3.8, 4) is 0 Å². The summed E-state index contributed by atoms with van der Waals surface area (Å²) in [5.41, 5.74) is 0.647. The molecule has 0 aromatic heterocycles. The Bertz CT molecular complexity index is 589. The summed E-state index contributed by atoms with van der Waals surface area (Å²) in [4.78, 5) is 0.309. The minimum atomic E-state index is -3.43. The molecule has 110 valence electrons. The Morgan fingerprint density at radius 1 is 1.30 bits per heavy atom. The van der Waals surface area contributed by atoms with Crippen molar-refractivity contribution < 1.29 is 13.5 Å². The zero-order valence-electron chi connectivity index (χ0n) is 11.7. The molecule has 1 N–H and O–H groups in total. The Labute approximate surface area is 120 Å². The van der Waals surface area contributed by atoms with Crippen LogP contribution in [0.5, 0.6) is 0 Å². The van der Waals surface area contributed by atoms with E-state index >= 15 is 0 Å². The van der Waals surface area contributed by atoms with Gasteiger partial charge in [-0.25, -0.2) is 8.42 Å². The van der Waals surface area contributed by atoms with Gasteiger partial charge in [0, 0.05) is 12.6 Å². The predicted molar refractivity (Wildman–Crippen MR) is 76.7 cm³/mol. The molecular weight excluding hydrogens is 274 g/mol. The summed E-state index contributed by atoms with van der Waals surface area (Å²) in [6.07, 6.45) is 3.59. The Balaban J connectivity index is 1.90. The molecule has 0 amide bonds. The maximum atomic E-state index is 12.8. The van der Waals surface area contributed by atoms with Crippen molar-refractivity contribution in [1.29, 1.82) is 0 Å². The van der Waals surface area contributed by atoms with Crippen LogP contribution in [0.4, 0.5) is 0 Å². The Morgan fingerprint density at radius 3 is 2.55 bits per heavy atom. The molecule has 2 saturated carbocycles. The molecule has 2 aliphatic carbocycles. The van der Waals surface area contributed by atoms with Crippen LogP contribution in [0.25, 0.3) is 0 Å². The van der Waals surface area contributed by atoms with E-state index < -0.39 is 16.1 Å². The van der Waals surface area contributed by atoms with Crippen molar-refractivity contribution in [3.05, 3.63) is 29.8 Å². The van der Waals surface area contributed by atoms with Gasteiger partial charge in [0.2, 0.25) is 10.0 Å². The van der Waals surface area contributed by atoms with Gasteiger partial charge in [-0.2, -0.15) is 4.31 Å². The summed E-state index contributed by atoms with van der Waals surface area (Å²) in [7, 11) is -3.43. The van der Waals surface area contributed by atoms with Crippen LogP contribution < -0.4 is 0 Å². The third-order valence-corrected chi connectivity index (χ3v) is 5.95. The Morgan fingerprint density at radius 2 is 2.00 bits per heavy atom. The zero-order valence-corrected chi connectivity index (χ0v) is 12.5. The van der Waals surface area contributed by atoms with Crippen molar-refractivity contribution in [2.75, 3.05) is 6.54 Å². The average Bonchev–Trinajstić information content (AvgIpc) is 3.27. The first-order valence-electron chi connectivity index (χ1n) is 7.28. The van der Waals surface area contributed by atoms with E-state index in [2.05, 4.69) is 0 Å². The van der Waals surface area contributed by atoms with E-state index in [1.54, 1.807) is 35.5 Å². The van der Waals surface area contributed by atoms with E-state index in [0.29, 0.717) is 22.9 Å². The molecule has 0 spiro atoms. The number of aliphatic hydroxyl groups is 1. The van der Waals surface area contributed by atoms with Gasteiger partial charge in [0.25, 0.3) is 0 Å². The number of aliphatic hydroxyl groups excluding tert-OH is 1. The van der Waals surface area contributed by atoms with Crippen molar-refractivity contribution in [2.45, 2.75) is 49.6 Å². The summed E-state index contributed by atoms with van der Waals surface area (Å²) in [5, 5.41) is 9.62. The van der Waals surface area contributed by atoms with Crippen molar-refractivity contribution >= 4 is 10.0 Å². The third kappa shape index (κ3) is 2.90. The zero-order chi connectivity index (χ0) is 14.3. The van der Waals surface area contributed by atoms with Crippen LogP contribution in [0.15, 0.2) is 29.2 Å². The van der Waals surface area contributed by atoms with Crippen LogP contribution in [0.3, 0.4) is 0 Å². The highest BCUT2D eigenvalue weighted by Crippen LogP contribution is 2.38. The van der Waals surface area contributed by atoms with Gasteiger partial charge >= 0.3 is 0 Å². The molecule has 2 aliphatic rings. The van der Waals surface area contributed by atoms with E-state index in [4.69, 9.17) is 0 Å². The lowest BCUT2D eigenvalue weighted by atomic mass is 10.1. The largest absolute Gasteiger partial charge is 0.389 e. The molecule has 1 atom stereocenters. The predicted octanol–water partition coefficient (Wildman–Crippen LogP) is 2.30. The molecular formula is C15H21NO3S. The summed E-state index contributed by atoms with van der Waals surface area (Å²) in [6.45, 7) is 2.31. The van der Waals surface area contributed by atoms with E-state index in [1.165, 1.54) is 0 Å². The Hall–Kier alpha value is -0.910. The number of hydrogen-bond acceptors (Lipinski definition) is 3. The number of nitrogens with zero attached hydrogens (tertiary/aromatic N) is 1. The lowest BCUT2D eigenvalue weighted by Crippen LogP contribution is -2.35. The monoisotopic (exact) mass is 295 g/mol. The van der Waals surface area contributed by atoms with Gasteiger partial charge in [0.1, 0.15) is 0 Å². The van der Waals surface area contributed by atoms with Gasteiger partial charge in [0.05, 0.1) is 11.0 Å². The SMILES string of the molecule is CC(O)c1cccc(S(=O)(=O)N(CC2CC2)C2CC2)c1. The van der Waals surface area contributed by atoms with Crippen LogP contribution in [0, 0.1) is 5.92 Å². The second kappa shape index (κ2) is 5.13. The second-order valence-electron chi connectivity index (χ2n) is 6.00. The van der Waals surface area contributed by atoms with Gasteiger partial charge in [-0.1, -0.05) is 12.1 Å². The molecule has 0 heterocycles. The molecule has 0 saturated heterocycles. The fraction of sp³-hybridized carbons (Fsp3) is 0.600. The Kier molecular flexibility index (Phi) is 3.60. The van der Waals surface area contributed by atoms with Crippen LogP contribution in [-0.2, 0) is 10.0 Å². The smallest absolute Gasteiger partial charge is 0.243 e. The maximum Gasteiger partial charge on any atom is 0.243 e. The standard InChI is InChI=1S/C15H21NO3S/c1-11(17)13-3-2-4-15(9-13)20(18,19)16(14-7-8-14)10-12-5-6-12/h2-4,9,11-12,14,17H,5-8,10H2,1H3. The topological polar surface area (TPSA) is 57.6 Å². The van der Waals surface area contributed by atoms with Crippen LogP contribution >= 0.6 is 0 Å². The highest BCUT2D eigenvalue weighted by atomic mass is 32.2.